The fourth-order valence-corrected chi connectivity index (χ4v) is 2.15. The van der Waals surface area contributed by atoms with Crippen molar-refractivity contribution in [2.24, 2.45) is 0 Å². The molecule has 21 heavy (non-hydrogen) atoms. The quantitative estimate of drug-likeness (QED) is 0.710. The maximum absolute atomic E-state index is 8.89. The highest BCUT2D eigenvalue weighted by Crippen LogP contribution is 2.25. The van der Waals surface area contributed by atoms with Crippen molar-refractivity contribution in [2.75, 3.05) is 0 Å². The van der Waals surface area contributed by atoms with Crippen molar-refractivity contribution in [1.29, 1.82) is 5.26 Å². The second-order valence-corrected chi connectivity index (χ2v) is 5.34. The molecule has 102 valence electrons. The molecule has 1 aromatic carbocycles. The van der Waals surface area contributed by atoms with Gasteiger partial charge in [0.15, 0.2) is 0 Å². The zero-order chi connectivity index (χ0) is 14.8. The Balaban J connectivity index is 1.99. The minimum Gasteiger partial charge on any atom is -0.334 e. The van der Waals surface area contributed by atoms with Gasteiger partial charge in [-0.15, -0.1) is 0 Å². The molecule has 0 bridgehead atoms. The molecule has 3 aromatic rings. The molecule has 0 atom stereocenters. The van der Waals surface area contributed by atoms with Gasteiger partial charge in [-0.2, -0.15) is 10.2 Å². The Morgan fingerprint density at radius 3 is 2.76 bits per heavy atom. The van der Waals surface area contributed by atoms with Crippen LogP contribution in [-0.4, -0.2) is 15.1 Å². The van der Waals surface area contributed by atoms with Crippen molar-refractivity contribution < 1.29 is 4.52 Å². The molecule has 0 amide bonds. The van der Waals surface area contributed by atoms with Gasteiger partial charge >= 0.3 is 0 Å². The lowest BCUT2D eigenvalue weighted by molar-refractivity contribution is 0.432. The molecule has 0 N–H and O–H groups in total. The molecule has 0 aliphatic rings. The van der Waals surface area contributed by atoms with Crippen molar-refractivity contribution in [3.8, 4) is 29.0 Å². The molecule has 0 unspecified atom stereocenters. The summed E-state index contributed by atoms with van der Waals surface area (Å²) in [5, 5.41) is 12.8. The van der Waals surface area contributed by atoms with Gasteiger partial charge in [0.05, 0.1) is 11.6 Å². The average Bonchev–Trinajstić information content (AvgIpc) is 2.97. The Bertz CT molecular complexity index is 834. The number of hydrogen-bond acceptors (Lipinski definition) is 5. The van der Waals surface area contributed by atoms with E-state index in [1.807, 2.05) is 19.1 Å². The van der Waals surface area contributed by atoms with Gasteiger partial charge in [-0.05, 0) is 58.7 Å². The summed E-state index contributed by atoms with van der Waals surface area (Å²) in [6, 6.07) is 11.1. The van der Waals surface area contributed by atoms with Crippen molar-refractivity contribution in [2.45, 2.75) is 6.92 Å². The predicted octanol–water partition coefficient (Wildman–Crippen LogP) is 3.74. The molecular weight excluding hydrogens is 332 g/mol. The summed E-state index contributed by atoms with van der Waals surface area (Å²) < 4.78 is 6.18. The van der Waals surface area contributed by atoms with Crippen LogP contribution in [0.25, 0.3) is 23.0 Å². The van der Waals surface area contributed by atoms with Gasteiger partial charge in [-0.1, -0.05) is 5.16 Å². The Morgan fingerprint density at radius 1 is 1.24 bits per heavy atom. The van der Waals surface area contributed by atoms with E-state index in [9.17, 15) is 0 Å². The number of pyridine rings is 1. The average molecular weight is 341 g/mol. The lowest BCUT2D eigenvalue weighted by atomic mass is 10.1. The highest BCUT2D eigenvalue weighted by atomic mass is 79.9. The largest absolute Gasteiger partial charge is 0.334 e. The van der Waals surface area contributed by atoms with E-state index < -0.39 is 0 Å². The summed E-state index contributed by atoms with van der Waals surface area (Å²) in [4.78, 5) is 8.59. The Kier molecular flexibility index (Phi) is 3.50. The Morgan fingerprint density at radius 2 is 2.10 bits per heavy atom. The van der Waals surface area contributed by atoms with Gasteiger partial charge in [0.2, 0.25) is 5.82 Å². The van der Waals surface area contributed by atoms with Gasteiger partial charge in [0.25, 0.3) is 5.89 Å². The molecule has 2 heterocycles. The number of hydrogen-bond donors (Lipinski definition) is 0. The molecule has 0 radical (unpaired) electrons. The zero-order valence-corrected chi connectivity index (χ0v) is 12.6. The molecule has 0 spiro atoms. The first-order valence-corrected chi connectivity index (χ1v) is 6.93. The molecule has 0 saturated heterocycles. The van der Waals surface area contributed by atoms with E-state index in [2.05, 4.69) is 37.1 Å². The normalized spacial score (nSPS) is 10.3. The topological polar surface area (TPSA) is 75.6 Å². The third kappa shape index (κ3) is 2.69. The molecule has 3 rings (SSSR count). The van der Waals surface area contributed by atoms with Gasteiger partial charge in [-0.25, -0.2) is 0 Å². The fourth-order valence-electron chi connectivity index (χ4n) is 1.92. The van der Waals surface area contributed by atoms with E-state index in [1.54, 1.807) is 24.4 Å². The van der Waals surface area contributed by atoms with Gasteiger partial charge in [0, 0.05) is 16.2 Å². The SMILES string of the molecule is Cc1cc(C#N)ccc1-c1nc(-c2ccc(Br)cn2)no1. The Hall–Kier alpha value is -2.52. The van der Waals surface area contributed by atoms with E-state index in [4.69, 9.17) is 9.78 Å². The summed E-state index contributed by atoms with van der Waals surface area (Å²) in [5.74, 6) is 0.845. The van der Waals surface area contributed by atoms with Crippen molar-refractivity contribution in [1.82, 2.24) is 15.1 Å². The molecule has 6 heteroatoms. The number of benzene rings is 1. The van der Waals surface area contributed by atoms with Crippen LogP contribution in [0.3, 0.4) is 0 Å². The summed E-state index contributed by atoms with van der Waals surface area (Å²) in [7, 11) is 0. The minimum atomic E-state index is 0.414. The number of nitrogens with zero attached hydrogens (tertiary/aromatic N) is 4. The summed E-state index contributed by atoms with van der Waals surface area (Å²) in [5.41, 5.74) is 2.96. The molecule has 0 aliphatic heterocycles. The Labute approximate surface area is 129 Å². The van der Waals surface area contributed by atoms with Gasteiger partial charge in [-0.3, -0.25) is 4.98 Å². The minimum absolute atomic E-state index is 0.414. The fraction of sp³-hybridized carbons (Fsp3) is 0.0667. The predicted molar refractivity (Wildman–Crippen MR) is 80.1 cm³/mol. The first-order chi connectivity index (χ1) is 10.2. The van der Waals surface area contributed by atoms with E-state index in [1.165, 1.54) is 0 Å². The maximum atomic E-state index is 8.89. The maximum Gasteiger partial charge on any atom is 0.258 e. The van der Waals surface area contributed by atoms with Crippen molar-refractivity contribution >= 4 is 15.9 Å². The van der Waals surface area contributed by atoms with Gasteiger partial charge in [0.1, 0.15) is 5.69 Å². The van der Waals surface area contributed by atoms with E-state index in [0.717, 1.165) is 15.6 Å². The third-order valence-electron chi connectivity index (χ3n) is 2.97. The van der Waals surface area contributed by atoms with Crippen LogP contribution in [0.1, 0.15) is 11.1 Å². The highest BCUT2D eigenvalue weighted by molar-refractivity contribution is 9.10. The van der Waals surface area contributed by atoms with Crippen molar-refractivity contribution in [3.05, 3.63) is 52.1 Å². The highest BCUT2D eigenvalue weighted by Gasteiger charge is 2.13. The van der Waals surface area contributed by atoms with Crippen LogP contribution < -0.4 is 0 Å². The first kappa shape index (κ1) is 13.5. The van der Waals surface area contributed by atoms with Crippen LogP contribution in [0.15, 0.2) is 45.5 Å². The number of rotatable bonds is 2. The first-order valence-electron chi connectivity index (χ1n) is 6.14. The van der Waals surface area contributed by atoms with Gasteiger partial charge < -0.3 is 4.52 Å². The van der Waals surface area contributed by atoms with E-state index in [-0.39, 0.29) is 0 Å². The van der Waals surface area contributed by atoms with Crippen LogP contribution in [0.2, 0.25) is 0 Å². The van der Waals surface area contributed by atoms with Crippen molar-refractivity contribution in [3.63, 3.8) is 0 Å². The number of halogens is 1. The molecule has 0 aliphatic carbocycles. The molecule has 2 aromatic heterocycles. The number of aryl methyl sites for hydroxylation is 1. The van der Waals surface area contributed by atoms with Crippen LogP contribution in [0, 0.1) is 18.3 Å². The standard InChI is InChI=1S/C15H9BrN4O/c1-9-6-10(7-17)2-4-12(9)15-19-14(20-21-15)13-5-3-11(16)8-18-13/h2-6,8H,1H3. The van der Waals surface area contributed by atoms with Crippen LogP contribution >= 0.6 is 15.9 Å². The molecule has 0 fully saturated rings. The summed E-state index contributed by atoms with van der Waals surface area (Å²) >= 11 is 3.33. The van der Waals surface area contributed by atoms with E-state index in [0.29, 0.717) is 23.0 Å². The van der Waals surface area contributed by atoms with Crippen LogP contribution in [0.4, 0.5) is 0 Å². The smallest absolute Gasteiger partial charge is 0.258 e. The van der Waals surface area contributed by atoms with Crippen LogP contribution in [0.5, 0.6) is 0 Å². The lowest BCUT2D eigenvalue weighted by Crippen LogP contribution is -1.87. The summed E-state index contributed by atoms with van der Waals surface area (Å²) in [6.07, 6.45) is 1.68. The number of aromatic nitrogens is 3. The summed E-state index contributed by atoms with van der Waals surface area (Å²) in [6.45, 7) is 1.90. The molecule has 5 nitrogen and oxygen atoms in total. The van der Waals surface area contributed by atoms with E-state index >= 15 is 0 Å². The third-order valence-corrected chi connectivity index (χ3v) is 3.44. The second-order valence-electron chi connectivity index (χ2n) is 4.43. The number of nitriles is 1. The lowest BCUT2D eigenvalue weighted by Gasteiger charge is -2.00. The second kappa shape index (κ2) is 5.46. The zero-order valence-electron chi connectivity index (χ0n) is 11.0. The molecular formula is C15H9BrN4O. The van der Waals surface area contributed by atoms with Crippen LogP contribution in [-0.2, 0) is 0 Å². The monoisotopic (exact) mass is 340 g/mol. The molecule has 0 saturated carbocycles.